The van der Waals surface area contributed by atoms with Crippen molar-refractivity contribution in [3.63, 3.8) is 0 Å². The van der Waals surface area contributed by atoms with Crippen molar-refractivity contribution >= 4 is 11.9 Å². The van der Waals surface area contributed by atoms with E-state index in [0.717, 1.165) is 110 Å². The minimum absolute atomic E-state index is 0.0611. The number of nitrogens with two attached hydrogens (primary N) is 1. The molecule has 0 radical (unpaired) electrons. The smallest absolute Gasteiger partial charge is 0.308 e. The van der Waals surface area contributed by atoms with Crippen LogP contribution in [0.5, 0.6) is 0 Å². The van der Waals surface area contributed by atoms with Crippen LogP contribution in [0.25, 0.3) is 0 Å². The second-order valence-electron chi connectivity index (χ2n) is 16.8. The molecular weight excluding hydrogens is 683 g/mol. The molecule has 0 aromatic heterocycles. The minimum atomic E-state index is 0.0611. The molecule has 0 saturated heterocycles. The molecule has 0 aromatic rings. The van der Waals surface area contributed by atoms with Gasteiger partial charge in [0.15, 0.2) is 0 Å². The Bertz CT molecular complexity index is 739. The van der Waals surface area contributed by atoms with Crippen LogP contribution in [0.3, 0.4) is 0 Å². The monoisotopic (exact) mass is 780 g/mol. The van der Waals surface area contributed by atoms with Crippen molar-refractivity contribution in [3.05, 3.63) is 0 Å². The molecule has 0 amide bonds. The molecule has 3 N–H and O–H groups in total. The summed E-state index contributed by atoms with van der Waals surface area (Å²) >= 11 is 0. The number of nitrogens with zero attached hydrogens (tertiary/aromatic N) is 1. The quantitative estimate of drug-likeness (QED) is 0.0361. The summed E-state index contributed by atoms with van der Waals surface area (Å²) in [5.74, 6) is 0.312. The second-order valence-corrected chi connectivity index (χ2v) is 16.8. The molecule has 2 atom stereocenters. The van der Waals surface area contributed by atoms with E-state index in [1.807, 2.05) is 0 Å². The average molecular weight is 780 g/mol. The van der Waals surface area contributed by atoms with Crippen molar-refractivity contribution < 1.29 is 19.1 Å². The molecule has 0 spiro atoms. The van der Waals surface area contributed by atoms with Crippen molar-refractivity contribution in [1.29, 1.82) is 0 Å². The largest absolute Gasteiger partial charge is 0.465 e. The maximum Gasteiger partial charge on any atom is 0.308 e. The topological polar surface area (TPSA) is 93.9 Å². The first-order valence-corrected chi connectivity index (χ1v) is 24.5. The predicted octanol–water partition coefficient (Wildman–Crippen LogP) is 13.1. The van der Waals surface area contributed by atoms with E-state index in [9.17, 15) is 9.59 Å². The Morgan fingerprint density at radius 1 is 0.436 bits per heavy atom. The Morgan fingerprint density at radius 3 is 1.13 bits per heavy atom. The molecule has 0 aliphatic heterocycles. The fourth-order valence-corrected chi connectivity index (χ4v) is 7.77. The third-order valence-corrected chi connectivity index (χ3v) is 11.5. The van der Waals surface area contributed by atoms with E-state index in [1.54, 1.807) is 0 Å². The number of esters is 2. The first-order chi connectivity index (χ1) is 27.0. The molecule has 0 rings (SSSR count). The standard InChI is InChI=1S/C48H97N3O4/c1-5-9-13-17-19-27-36-45(34-25-15-11-7-3)47(52)54-42-31-23-21-29-39-51(41-33-38-50-44-49)40-30-22-24-32-43-55-48(53)46(35-26-16-12-8-4)37-28-20-18-14-10-6-2/h45-46,50H,5-44,49H2,1-4H3. The summed E-state index contributed by atoms with van der Waals surface area (Å²) < 4.78 is 11.7. The molecule has 0 bridgehead atoms. The van der Waals surface area contributed by atoms with Crippen LogP contribution < -0.4 is 11.1 Å². The van der Waals surface area contributed by atoms with Crippen LogP contribution in [0.1, 0.15) is 240 Å². The van der Waals surface area contributed by atoms with Crippen LogP contribution in [0.15, 0.2) is 0 Å². The number of ether oxygens (including phenoxy) is 2. The highest BCUT2D eigenvalue weighted by molar-refractivity contribution is 5.72. The van der Waals surface area contributed by atoms with Crippen LogP contribution in [0.2, 0.25) is 0 Å². The Kier molecular flexibility index (Phi) is 43.0. The van der Waals surface area contributed by atoms with Gasteiger partial charge in [-0.1, -0.05) is 182 Å². The van der Waals surface area contributed by atoms with Gasteiger partial charge in [0.25, 0.3) is 0 Å². The van der Waals surface area contributed by atoms with Crippen LogP contribution in [-0.4, -0.2) is 62.9 Å². The number of carbonyl (C=O) groups is 2. The summed E-state index contributed by atoms with van der Waals surface area (Å²) in [6.07, 6.45) is 39.0. The van der Waals surface area contributed by atoms with E-state index in [2.05, 4.69) is 37.9 Å². The van der Waals surface area contributed by atoms with Gasteiger partial charge >= 0.3 is 11.9 Å². The van der Waals surface area contributed by atoms with E-state index in [1.165, 1.54) is 128 Å². The molecule has 328 valence electrons. The average Bonchev–Trinajstić information content (AvgIpc) is 3.19. The van der Waals surface area contributed by atoms with Gasteiger partial charge in [0.05, 0.1) is 25.0 Å². The molecular formula is C48H97N3O4. The Morgan fingerprint density at radius 2 is 0.745 bits per heavy atom. The maximum absolute atomic E-state index is 13.0. The highest BCUT2D eigenvalue weighted by atomic mass is 16.5. The number of hydrogen-bond donors (Lipinski definition) is 2. The third-order valence-electron chi connectivity index (χ3n) is 11.5. The fraction of sp³-hybridized carbons (Fsp3) is 0.958. The Labute approximate surface area is 343 Å². The molecule has 7 nitrogen and oxygen atoms in total. The van der Waals surface area contributed by atoms with Crippen LogP contribution in [0.4, 0.5) is 0 Å². The number of nitrogens with one attached hydrogen (secondary N) is 1. The van der Waals surface area contributed by atoms with E-state index in [-0.39, 0.29) is 23.8 Å². The molecule has 0 fully saturated rings. The summed E-state index contributed by atoms with van der Waals surface area (Å²) in [5.41, 5.74) is 5.65. The first-order valence-electron chi connectivity index (χ1n) is 24.5. The SMILES string of the molecule is CCCCCCCCC(CCCCCC)C(=O)OCCCCCCN(CCCCCCOC(=O)C(CCCCCC)CCCCCCCC)CCCNCN. The lowest BCUT2D eigenvalue weighted by atomic mass is 9.94. The van der Waals surface area contributed by atoms with Gasteiger partial charge in [-0.3, -0.25) is 9.59 Å². The highest BCUT2D eigenvalue weighted by Gasteiger charge is 2.20. The van der Waals surface area contributed by atoms with Gasteiger partial charge in [-0.25, -0.2) is 0 Å². The molecule has 0 heterocycles. The van der Waals surface area contributed by atoms with Gasteiger partial charge in [0.2, 0.25) is 0 Å². The van der Waals surface area contributed by atoms with Crippen molar-refractivity contribution in [2.45, 2.75) is 240 Å². The summed E-state index contributed by atoms with van der Waals surface area (Å²) in [7, 11) is 0. The van der Waals surface area contributed by atoms with Gasteiger partial charge < -0.3 is 25.4 Å². The molecule has 2 unspecified atom stereocenters. The lowest BCUT2D eigenvalue weighted by Crippen LogP contribution is -2.31. The number of unbranched alkanes of at least 4 members (excludes halogenated alkanes) is 22. The first kappa shape index (κ1) is 53.8. The highest BCUT2D eigenvalue weighted by Crippen LogP contribution is 2.22. The van der Waals surface area contributed by atoms with Crippen LogP contribution >= 0.6 is 0 Å². The minimum Gasteiger partial charge on any atom is -0.465 e. The Balaban J connectivity index is 4.42. The zero-order valence-corrected chi connectivity index (χ0v) is 37.6. The molecule has 0 saturated carbocycles. The lowest BCUT2D eigenvalue weighted by Gasteiger charge is -2.22. The van der Waals surface area contributed by atoms with Crippen molar-refractivity contribution in [3.8, 4) is 0 Å². The van der Waals surface area contributed by atoms with E-state index in [0.29, 0.717) is 19.9 Å². The van der Waals surface area contributed by atoms with Gasteiger partial charge in [0, 0.05) is 6.67 Å². The van der Waals surface area contributed by atoms with Crippen LogP contribution in [0, 0.1) is 11.8 Å². The third kappa shape index (κ3) is 36.9. The summed E-state index contributed by atoms with van der Waals surface area (Å²) in [6, 6.07) is 0. The molecule has 55 heavy (non-hydrogen) atoms. The zero-order chi connectivity index (χ0) is 40.3. The van der Waals surface area contributed by atoms with Gasteiger partial charge in [-0.2, -0.15) is 0 Å². The van der Waals surface area contributed by atoms with Crippen molar-refractivity contribution in [2.24, 2.45) is 17.6 Å². The zero-order valence-electron chi connectivity index (χ0n) is 37.6. The molecule has 7 heteroatoms. The van der Waals surface area contributed by atoms with Gasteiger partial charge in [0.1, 0.15) is 0 Å². The van der Waals surface area contributed by atoms with E-state index in [4.69, 9.17) is 15.2 Å². The molecule has 0 aliphatic rings. The predicted molar refractivity (Wildman–Crippen MR) is 237 cm³/mol. The normalized spacial score (nSPS) is 12.7. The maximum atomic E-state index is 13.0. The Hall–Kier alpha value is -1.18. The summed E-state index contributed by atoms with van der Waals surface area (Å²) in [4.78, 5) is 28.6. The number of carbonyl (C=O) groups excluding carboxylic acids is 2. The van der Waals surface area contributed by atoms with Crippen molar-refractivity contribution in [1.82, 2.24) is 10.2 Å². The summed E-state index contributed by atoms with van der Waals surface area (Å²) in [6.45, 7) is 15.0. The molecule has 0 aliphatic carbocycles. The molecule has 0 aromatic carbocycles. The fourth-order valence-electron chi connectivity index (χ4n) is 7.77. The van der Waals surface area contributed by atoms with Crippen LogP contribution in [-0.2, 0) is 19.1 Å². The van der Waals surface area contributed by atoms with E-state index < -0.39 is 0 Å². The number of rotatable bonds is 45. The van der Waals surface area contributed by atoms with Crippen molar-refractivity contribution in [2.75, 3.05) is 46.1 Å². The van der Waals surface area contributed by atoms with E-state index >= 15 is 0 Å². The van der Waals surface area contributed by atoms with Gasteiger partial charge in [-0.15, -0.1) is 0 Å². The summed E-state index contributed by atoms with van der Waals surface area (Å²) in [5, 5.41) is 3.26. The number of hydrogen-bond acceptors (Lipinski definition) is 7. The van der Waals surface area contributed by atoms with Gasteiger partial charge in [-0.05, 0) is 84.0 Å². The lowest BCUT2D eigenvalue weighted by molar-refractivity contribution is -0.150. The second kappa shape index (κ2) is 43.9.